The van der Waals surface area contributed by atoms with E-state index < -0.39 is 0 Å². The van der Waals surface area contributed by atoms with Crippen LogP contribution in [-0.2, 0) is 0 Å². The summed E-state index contributed by atoms with van der Waals surface area (Å²) in [6, 6.07) is 0. The quantitative estimate of drug-likeness (QED) is 0.558. The fourth-order valence-electron chi connectivity index (χ4n) is 1.76. The predicted molar refractivity (Wildman–Crippen MR) is 60.9 cm³/mol. The van der Waals surface area contributed by atoms with Crippen LogP contribution in [0.15, 0.2) is 0 Å². The monoisotopic (exact) mass is 234 g/mol. The topological polar surface area (TPSA) is 0 Å². The van der Waals surface area contributed by atoms with Crippen LogP contribution in [0.5, 0.6) is 0 Å². The van der Waals surface area contributed by atoms with Crippen molar-refractivity contribution in [2.24, 2.45) is 5.92 Å². The Morgan fingerprint density at radius 3 is 1.58 bits per heavy atom. The van der Waals surface area contributed by atoms with Crippen LogP contribution in [0.3, 0.4) is 0 Å². The van der Waals surface area contributed by atoms with Crippen LogP contribution in [0.25, 0.3) is 0 Å². The van der Waals surface area contributed by atoms with E-state index in [4.69, 9.17) is 0 Å². The van der Waals surface area contributed by atoms with E-state index in [1.165, 1.54) is 38.5 Å². The molecule has 0 aromatic heterocycles. The van der Waals surface area contributed by atoms with Crippen molar-refractivity contribution in [1.29, 1.82) is 0 Å². The van der Waals surface area contributed by atoms with Gasteiger partial charge in [-0.2, -0.15) is 0 Å². The minimum Gasteiger partial charge on any atom is -0.0888 e. The average Bonchev–Trinajstić information content (AvgIpc) is 2.04. The third kappa shape index (κ3) is 5.18. The molecule has 0 heterocycles. The number of hydrogen-bond acceptors (Lipinski definition) is 0. The van der Waals surface area contributed by atoms with E-state index >= 15 is 0 Å². The molecule has 0 aliphatic heterocycles. The molecule has 1 unspecified atom stereocenters. The highest BCUT2D eigenvalue weighted by atomic mass is 79.9. The highest BCUT2D eigenvalue weighted by molar-refractivity contribution is 9.09. The van der Waals surface area contributed by atoms with Crippen LogP contribution in [-0.4, -0.2) is 4.83 Å². The van der Waals surface area contributed by atoms with E-state index in [1.54, 1.807) is 0 Å². The Kier molecular flexibility index (Phi) is 8.42. The lowest BCUT2D eigenvalue weighted by atomic mass is 9.93. The van der Waals surface area contributed by atoms with Crippen molar-refractivity contribution < 1.29 is 0 Å². The van der Waals surface area contributed by atoms with Crippen molar-refractivity contribution in [2.75, 3.05) is 0 Å². The lowest BCUT2D eigenvalue weighted by Gasteiger charge is -2.20. The van der Waals surface area contributed by atoms with Gasteiger partial charge in [-0.15, -0.1) is 0 Å². The molecule has 0 saturated carbocycles. The summed E-state index contributed by atoms with van der Waals surface area (Å²) in [6.07, 6.45) is 8.09. The summed E-state index contributed by atoms with van der Waals surface area (Å²) in [6.45, 7) is 6.84. The molecule has 1 heteroatoms. The molecule has 0 aliphatic rings. The van der Waals surface area contributed by atoms with E-state index in [0.717, 1.165) is 10.7 Å². The maximum Gasteiger partial charge on any atom is 0.0174 e. The number of hydrogen-bond donors (Lipinski definition) is 0. The SMILES string of the molecule is CCCC(Br)C(CCC)CCC. The lowest BCUT2D eigenvalue weighted by Crippen LogP contribution is -2.13. The van der Waals surface area contributed by atoms with Crippen LogP contribution in [0.4, 0.5) is 0 Å². The summed E-state index contributed by atoms with van der Waals surface area (Å²) in [7, 11) is 0. The van der Waals surface area contributed by atoms with Crippen LogP contribution in [0.1, 0.15) is 59.3 Å². The van der Waals surface area contributed by atoms with Crippen molar-refractivity contribution in [3.05, 3.63) is 0 Å². The summed E-state index contributed by atoms with van der Waals surface area (Å²) < 4.78 is 0. The summed E-state index contributed by atoms with van der Waals surface area (Å²) in [5, 5.41) is 0. The first-order valence-electron chi connectivity index (χ1n) is 5.40. The first-order chi connectivity index (χ1) is 5.76. The van der Waals surface area contributed by atoms with E-state index in [0.29, 0.717) is 0 Å². The molecule has 0 amide bonds. The summed E-state index contributed by atoms with van der Waals surface area (Å²) in [5.41, 5.74) is 0. The van der Waals surface area contributed by atoms with Gasteiger partial charge in [-0.1, -0.05) is 56.0 Å². The van der Waals surface area contributed by atoms with E-state index in [1.807, 2.05) is 0 Å². The second-order valence-corrected chi connectivity index (χ2v) is 4.82. The smallest absolute Gasteiger partial charge is 0.0174 e. The Labute approximate surface area is 86.3 Å². The van der Waals surface area contributed by atoms with Crippen molar-refractivity contribution in [3.63, 3.8) is 0 Å². The molecule has 12 heavy (non-hydrogen) atoms. The van der Waals surface area contributed by atoms with E-state index in [2.05, 4.69) is 36.7 Å². The fraction of sp³-hybridized carbons (Fsp3) is 1.00. The first kappa shape index (κ1) is 12.5. The van der Waals surface area contributed by atoms with Gasteiger partial charge in [0.2, 0.25) is 0 Å². The van der Waals surface area contributed by atoms with Crippen LogP contribution < -0.4 is 0 Å². The second-order valence-electron chi connectivity index (χ2n) is 3.64. The largest absolute Gasteiger partial charge is 0.0888 e. The van der Waals surface area contributed by atoms with E-state index in [9.17, 15) is 0 Å². The number of rotatable bonds is 7. The Hall–Kier alpha value is 0.480. The molecule has 0 fully saturated rings. The Morgan fingerprint density at radius 2 is 1.25 bits per heavy atom. The zero-order chi connectivity index (χ0) is 9.40. The van der Waals surface area contributed by atoms with Gasteiger partial charge in [-0.05, 0) is 25.2 Å². The maximum absolute atomic E-state index is 3.81. The van der Waals surface area contributed by atoms with Gasteiger partial charge in [0.15, 0.2) is 0 Å². The summed E-state index contributed by atoms with van der Waals surface area (Å²) in [4.78, 5) is 0.766. The van der Waals surface area contributed by atoms with Crippen molar-refractivity contribution >= 4 is 15.9 Å². The van der Waals surface area contributed by atoms with Gasteiger partial charge in [-0.25, -0.2) is 0 Å². The molecule has 0 nitrogen and oxygen atoms in total. The molecule has 0 radical (unpaired) electrons. The second kappa shape index (κ2) is 8.10. The third-order valence-electron chi connectivity index (χ3n) is 2.39. The van der Waals surface area contributed by atoms with Gasteiger partial charge in [0, 0.05) is 4.83 Å². The van der Waals surface area contributed by atoms with Crippen LogP contribution in [0.2, 0.25) is 0 Å². The standard InChI is InChI=1S/C11H23Br/c1-4-7-10(8-5-2)11(12)9-6-3/h10-11H,4-9H2,1-3H3. The fourth-order valence-corrected chi connectivity index (χ4v) is 2.75. The zero-order valence-electron chi connectivity index (χ0n) is 8.78. The lowest BCUT2D eigenvalue weighted by molar-refractivity contribution is 0.414. The molecular formula is C11H23Br. The Bertz CT molecular complexity index is 85.0. The average molecular weight is 235 g/mol. The maximum atomic E-state index is 3.81. The van der Waals surface area contributed by atoms with Gasteiger partial charge >= 0.3 is 0 Å². The van der Waals surface area contributed by atoms with E-state index in [-0.39, 0.29) is 0 Å². The first-order valence-corrected chi connectivity index (χ1v) is 6.31. The molecule has 0 saturated heterocycles. The summed E-state index contributed by atoms with van der Waals surface area (Å²) in [5.74, 6) is 0.917. The van der Waals surface area contributed by atoms with Gasteiger partial charge in [0.25, 0.3) is 0 Å². The Morgan fingerprint density at radius 1 is 0.833 bits per heavy atom. The van der Waals surface area contributed by atoms with Gasteiger partial charge in [0.05, 0.1) is 0 Å². The Balaban J connectivity index is 3.72. The van der Waals surface area contributed by atoms with Crippen molar-refractivity contribution in [2.45, 2.75) is 64.1 Å². The number of alkyl halides is 1. The molecular weight excluding hydrogens is 212 g/mol. The van der Waals surface area contributed by atoms with Crippen molar-refractivity contribution in [3.8, 4) is 0 Å². The molecule has 0 bridgehead atoms. The van der Waals surface area contributed by atoms with Gasteiger partial charge in [-0.3, -0.25) is 0 Å². The molecule has 1 atom stereocenters. The predicted octanol–water partition coefficient (Wildman–Crippen LogP) is 4.77. The van der Waals surface area contributed by atoms with Crippen molar-refractivity contribution in [1.82, 2.24) is 0 Å². The summed E-state index contributed by atoms with van der Waals surface area (Å²) >= 11 is 3.81. The molecule has 74 valence electrons. The highest BCUT2D eigenvalue weighted by Gasteiger charge is 2.15. The minimum absolute atomic E-state index is 0.766. The minimum atomic E-state index is 0.766. The highest BCUT2D eigenvalue weighted by Crippen LogP contribution is 2.26. The van der Waals surface area contributed by atoms with Gasteiger partial charge < -0.3 is 0 Å². The molecule has 0 aromatic rings. The molecule has 0 spiro atoms. The number of halogens is 1. The zero-order valence-corrected chi connectivity index (χ0v) is 10.4. The molecule has 0 aromatic carbocycles. The normalized spacial score (nSPS) is 13.8. The molecule has 0 aliphatic carbocycles. The van der Waals surface area contributed by atoms with Gasteiger partial charge in [0.1, 0.15) is 0 Å². The molecule has 0 N–H and O–H groups in total. The van der Waals surface area contributed by atoms with Crippen LogP contribution >= 0.6 is 15.9 Å². The van der Waals surface area contributed by atoms with Crippen LogP contribution in [0, 0.1) is 5.92 Å². The molecule has 0 rings (SSSR count). The third-order valence-corrected chi connectivity index (χ3v) is 3.60.